The number of nitrogens with one attached hydrogen (secondary N) is 1. The molecule has 3 unspecified atom stereocenters. The summed E-state index contributed by atoms with van der Waals surface area (Å²) >= 11 is 0. The first kappa shape index (κ1) is 15.8. The van der Waals surface area contributed by atoms with E-state index >= 15 is 0 Å². The van der Waals surface area contributed by atoms with Gasteiger partial charge in [0.25, 0.3) is 0 Å². The molecule has 116 valence electrons. The summed E-state index contributed by atoms with van der Waals surface area (Å²) in [6, 6.07) is 8.06. The van der Waals surface area contributed by atoms with Crippen LogP contribution in [0.25, 0.3) is 0 Å². The van der Waals surface area contributed by atoms with Gasteiger partial charge in [-0.25, -0.2) is 0 Å². The van der Waals surface area contributed by atoms with E-state index in [2.05, 4.69) is 5.32 Å². The fraction of sp³-hybridized carbons (Fsp3) is 0.588. The molecule has 21 heavy (non-hydrogen) atoms. The fourth-order valence-corrected chi connectivity index (χ4v) is 2.80. The molecule has 1 aliphatic rings. The van der Waals surface area contributed by atoms with Crippen molar-refractivity contribution in [2.75, 3.05) is 0 Å². The van der Waals surface area contributed by atoms with Gasteiger partial charge in [-0.05, 0) is 57.7 Å². The Morgan fingerprint density at radius 3 is 2.71 bits per heavy atom. The Morgan fingerprint density at radius 2 is 2.10 bits per heavy atom. The number of nitrogens with two attached hydrogens (primary N) is 1. The van der Waals surface area contributed by atoms with E-state index in [4.69, 9.17) is 10.5 Å². The molecule has 1 amide bonds. The number of rotatable bonds is 5. The smallest absolute Gasteiger partial charge is 0.223 e. The molecule has 4 heteroatoms. The summed E-state index contributed by atoms with van der Waals surface area (Å²) in [5.41, 5.74) is 6.93. The summed E-state index contributed by atoms with van der Waals surface area (Å²) in [4.78, 5) is 12.2. The average molecular weight is 290 g/mol. The number of ether oxygens (including phenoxy) is 1. The molecule has 4 nitrogen and oxygen atoms in total. The molecule has 1 aromatic carbocycles. The minimum atomic E-state index is -0.0231. The summed E-state index contributed by atoms with van der Waals surface area (Å²) in [6.45, 7) is 6.00. The number of carbonyl (C=O) groups excluding carboxylic acids is 1. The quantitative estimate of drug-likeness (QED) is 0.876. The van der Waals surface area contributed by atoms with Crippen LogP contribution in [0.1, 0.15) is 51.6 Å². The van der Waals surface area contributed by atoms with Gasteiger partial charge in [-0.1, -0.05) is 12.1 Å². The van der Waals surface area contributed by atoms with E-state index in [1.165, 1.54) is 0 Å². The van der Waals surface area contributed by atoms with Crippen molar-refractivity contribution in [3.63, 3.8) is 0 Å². The van der Waals surface area contributed by atoms with Crippen LogP contribution >= 0.6 is 0 Å². The van der Waals surface area contributed by atoms with E-state index in [-0.39, 0.29) is 30.0 Å². The molecule has 0 heterocycles. The largest absolute Gasteiger partial charge is 0.491 e. The second-order valence-electron chi connectivity index (χ2n) is 6.24. The molecule has 0 spiro atoms. The Morgan fingerprint density at radius 1 is 1.33 bits per heavy atom. The van der Waals surface area contributed by atoms with Gasteiger partial charge in [0.05, 0.1) is 12.1 Å². The van der Waals surface area contributed by atoms with Gasteiger partial charge >= 0.3 is 0 Å². The predicted octanol–water partition coefficient (Wildman–Crippen LogP) is 2.78. The maximum atomic E-state index is 12.2. The lowest BCUT2D eigenvalue weighted by atomic mass is 10.0. The van der Waals surface area contributed by atoms with Crippen molar-refractivity contribution in [1.29, 1.82) is 0 Å². The Hall–Kier alpha value is -1.55. The lowest BCUT2D eigenvalue weighted by Crippen LogP contribution is -2.32. The van der Waals surface area contributed by atoms with Crippen molar-refractivity contribution in [3.8, 4) is 5.75 Å². The molecule has 3 atom stereocenters. The first-order valence-electron chi connectivity index (χ1n) is 7.78. The van der Waals surface area contributed by atoms with Crippen LogP contribution < -0.4 is 15.8 Å². The lowest BCUT2D eigenvalue weighted by molar-refractivity contribution is -0.125. The molecule has 0 bridgehead atoms. The second kappa shape index (κ2) is 6.94. The van der Waals surface area contributed by atoms with Crippen LogP contribution in [0.15, 0.2) is 24.3 Å². The topological polar surface area (TPSA) is 64.3 Å². The zero-order valence-corrected chi connectivity index (χ0v) is 13.1. The van der Waals surface area contributed by atoms with Gasteiger partial charge in [0.1, 0.15) is 5.75 Å². The molecule has 3 N–H and O–H groups in total. The third-order valence-corrected chi connectivity index (χ3v) is 3.93. The molecular formula is C17H26N2O2. The van der Waals surface area contributed by atoms with Crippen LogP contribution in [0.3, 0.4) is 0 Å². The summed E-state index contributed by atoms with van der Waals surface area (Å²) in [5.74, 6) is 1.02. The molecule has 1 aromatic rings. The second-order valence-corrected chi connectivity index (χ2v) is 6.24. The van der Waals surface area contributed by atoms with Gasteiger partial charge in [-0.15, -0.1) is 0 Å². The summed E-state index contributed by atoms with van der Waals surface area (Å²) < 4.78 is 5.69. The molecule has 0 saturated heterocycles. The van der Waals surface area contributed by atoms with Gasteiger partial charge in [0.15, 0.2) is 0 Å². The summed E-state index contributed by atoms with van der Waals surface area (Å²) in [6.07, 6.45) is 2.79. The minimum absolute atomic E-state index is 0.0231. The molecule has 0 aliphatic heterocycles. The highest BCUT2D eigenvalue weighted by molar-refractivity contribution is 5.79. The first-order valence-corrected chi connectivity index (χ1v) is 7.78. The molecular weight excluding hydrogens is 264 g/mol. The van der Waals surface area contributed by atoms with Gasteiger partial charge in [-0.2, -0.15) is 0 Å². The molecule has 0 aromatic heterocycles. The van der Waals surface area contributed by atoms with E-state index in [0.717, 1.165) is 30.6 Å². The predicted molar refractivity (Wildman–Crippen MR) is 84.1 cm³/mol. The molecule has 1 fully saturated rings. The molecule has 1 aliphatic carbocycles. The summed E-state index contributed by atoms with van der Waals surface area (Å²) in [7, 11) is 0. The molecule has 0 radical (unpaired) electrons. The van der Waals surface area contributed by atoms with E-state index in [9.17, 15) is 4.79 Å². The number of amides is 1. The lowest BCUT2D eigenvalue weighted by Gasteiger charge is -2.18. The molecule has 2 rings (SSSR count). The maximum Gasteiger partial charge on any atom is 0.223 e. The monoisotopic (exact) mass is 290 g/mol. The van der Waals surface area contributed by atoms with Gasteiger partial charge in [-0.3, -0.25) is 4.79 Å². The van der Waals surface area contributed by atoms with Crippen LogP contribution in [0.2, 0.25) is 0 Å². The van der Waals surface area contributed by atoms with E-state index < -0.39 is 0 Å². The van der Waals surface area contributed by atoms with E-state index in [1.807, 2.05) is 45.0 Å². The van der Waals surface area contributed by atoms with Crippen molar-refractivity contribution >= 4 is 5.91 Å². The normalized spacial score (nSPS) is 23.1. The zero-order valence-electron chi connectivity index (χ0n) is 13.1. The van der Waals surface area contributed by atoms with Crippen molar-refractivity contribution in [3.05, 3.63) is 29.8 Å². The summed E-state index contributed by atoms with van der Waals surface area (Å²) in [5, 5.41) is 3.09. The van der Waals surface area contributed by atoms with Crippen LogP contribution in [0.4, 0.5) is 0 Å². The van der Waals surface area contributed by atoms with Crippen LogP contribution in [0, 0.1) is 5.92 Å². The number of carbonyl (C=O) groups is 1. The van der Waals surface area contributed by atoms with Crippen LogP contribution in [0.5, 0.6) is 5.75 Å². The third-order valence-electron chi connectivity index (χ3n) is 3.93. The standard InChI is InChI=1S/C17H26N2O2/c1-11(2)21-16-6-4-5-13(10-16)12(3)19-17(20)14-7-8-15(18)9-14/h4-6,10-12,14-15H,7-9,18H2,1-3H3,(H,19,20). The van der Waals surface area contributed by atoms with Crippen molar-refractivity contribution in [1.82, 2.24) is 5.32 Å². The van der Waals surface area contributed by atoms with Crippen molar-refractivity contribution in [2.24, 2.45) is 11.7 Å². The van der Waals surface area contributed by atoms with Crippen LogP contribution in [-0.2, 0) is 4.79 Å². The number of benzene rings is 1. The molecule has 1 saturated carbocycles. The Labute approximate surface area is 127 Å². The Balaban J connectivity index is 1.96. The van der Waals surface area contributed by atoms with Crippen molar-refractivity contribution in [2.45, 2.75) is 58.2 Å². The SMILES string of the molecule is CC(C)Oc1cccc(C(C)NC(=O)C2CCC(N)C2)c1. The third kappa shape index (κ3) is 4.46. The minimum Gasteiger partial charge on any atom is -0.491 e. The highest BCUT2D eigenvalue weighted by atomic mass is 16.5. The Kier molecular flexibility index (Phi) is 5.23. The number of hydrogen-bond donors (Lipinski definition) is 2. The van der Waals surface area contributed by atoms with E-state index in [0.29, 0.717) is 0 Å². The maximum absolute atomic E-state index is 12.2. The van der Waals surface area contributed by atoms with Gasteiger partial charge in [0, 0.05) is 12.0 Å². The fourth-order valence-electron chi connectivity index (χ4n) is 2.80. The average Bonchev–Trinajstić information content (AvgIpc) is 2.85. The van der Waals surface area contributed by atoms with Gasteiger partial charge < -0.3 is 15.8 Å². The highest BCUT2D eigenvalue weighted by Crippen LogP contribution is 2.26. The first-order chi connectivity index (χ1) is 9.95. The number of hydrogen-bond acceptors (Lipinski definition) is 3. The van der Waals surface area contributed by atoms with E-state index in [1.54, 1.807) is 0 Å². The zero-order chi connectivity index (χ0) is 15.4. The highest BCUT2D eigenvalue weighted by Gasteiger charge is 2.28. The van der Waals surface area contributed by atoms with Crippen molar-refractivity contribution < 1.29 is 9.53 Å². The Bertz CT molecular complexity index is 487. The van der Waals surface area contributed by atoms with Gasteiger partial charge in [0.2, 0.25) is 5.91 Å². The van der Waals surface area contributed by atoms with Crippen LogP contribution in [-0.4, -0.2) is 18.1 Å².